The van der Waals surface area contributed by atoms with E-state index in [1.165, 1.54) is 30.3 Å². The molecule has 0 aliphatic heterocycles. The van der Waals surface area contributed by atoms with Crippen molar-refractivity contribution in [2.75, 3.05) is 0 Å². The molecular formula is C22H12F6O5. The van der Waals surface area contributed by atoms with E-state index in [1.807, 2.05) is 0 Å². The van der Waals surface area contributed by atoms with Gasteiger partial charge in [-0.1, -0.05) is 36.4 Å². The third kappa shape index (κ3) is 4.76. The average Bonchev–Trinajstić information content (AvgIpc) is 2.72. The maximum atomic E-state index is 13.9. The molecule has 11 heteroatoms. The van der Waals surface area contributed by atoms with E-state index in [1.54, 1.807) is 0 Å². The van der Waals surface area contributed by atoms with E-state index in [0.717, 1.165) is 24.3 Å². The standard InChI is InChI=1S/C22H12F6O5/c23-21(24,25)14-10-9-12(11-5-2-1-3-6-11)18(17(14)22(26,27)28)33-15-8-4-7-13(19(29)30)16(15)20(31)32/h1-10H,(H,29,30)(H,31,32). The lowest BCUT2D eigenvalue weighted by Crippen LogP contribution is -2.18. The van der Waals surface area contributed by atoms with Crippen LogP contribution in [0.3, 0.4) is 0 Å². The van der Waals surface area contributed by atoms with Crippen LogP contribution in [0, 0.1) is 0 Å². The first-order chi connectivity index (χ1) is 15.3. The Hall–Kier alpha value is -4.02. The first-order valence-corrected chi connectivity index (χ1v) is 8.96. The second kappa shape index (κ2) is 8.49. The van der Waals surface area contributed by atoms with Gasteiger partial charge in [0.2, 0.25) is 0 Å². The van der Waals surface area contributed by atoms with Crippen LogP contribution in [0.25, 0.3) is 11.1 Å². The summed E-state index contributed by atoms with van der Waals surface area (Å²) >= 11 is 0. The molecule has 0 fully saturated rings. The number of carboxylic acid groups (broad SMARTS) is 2. The Morgan fingerprint density at radius 3 is 1.88 bits per heavy atom. The maximum absolute atomic E-state index is 13.9. The molecule has 0 aliphatic rings. The predicted octanol–water partition coefficient (Wildman–Crippen LogP) is 6.58. The quantitative estimate of drug-likeness (QED) is 0.412. The number of halogens is 6. The topological polar surface area (TPSA) is 83.8 Å². The number of carboxylic acids is 2. The molecule has 33 heavy (non-hydrogen) atoms. The molecule has 0 radical (unpaired) electrons. The summed E-state index contributed by atoms with van der Waals surface area (Å²) in [5.74, 6) is -5.76. The Bertz CT molecular complexity index is 1220. The zero-order chi connectivity index (χ0) is 24.6. The van der Waals surface area contributed by atoms with Crippen LogP contribution in [0.4, 0.5) is 26.3 Å². The van der Waals surface area contributed by atoms with Crippen LogP contribution in [0.2, 0.25) is 0 Å². The minimum atomic E-state index is -5.56. The van der Waals surface area contributed by atoms with E-state index in [4.69, 9.17) is 4.74 Å². The average molecular weight is 470 g/mol. The lowest BCUT2D eigenvalue weighted by atomic mass is 9.96. The van der Waals surface area contributed by atoms with Gasteiger partial charge in [0, 0.05) is 5.56 Å². The SMILES string of the molecule is O=C(O)c1cccc(Oc2c(-c3ccccc3)ccc(C(F)(F)F)c2C(F)(F)F)c1C(=O)O. The zero-order valence-corrected chi connectivity index (χ0v) is 16.2. The fourth-order valence-corrected chi connectivity index (χ4v) is 3.18. The Balaban J connectivity index is 2.41. The molecule has 0 saturated heterocycles. The molecular weight excluding hydrogens is 458 g/mol. The highest BCUT2D eigenvalue weighted by Crippen LogP contribution is 2.50. The van der Waals surface area contributed by atoms with Crippen molar-refractivity contribution in [2.24, 2.45) is 0 Å². The number of alkyl halides is 6. The van der Waals surface area contributed by atoms with Crippen LogP contribution in [-0.4, -0.2) is 22.2 Å². The lowest BCUT2D eigenvalue weighted by Gasteiger charge is -2.23. The lowest BCUT2D eigenvalue weighted by molar-refractivity contribution is -0.162. The van der Waals surface area contributed by atoms with Crippen molar-refractivity contribution in [1.82, 2.24) is 0 Å². The molecule has 0 amide bonds. The Morgan fingerprint density at radius 2 is 1.36 bits per heavy atom. The number of rotatable bonds is 5. The third-order valence-corrected chi connectivity index (χ3v) is 4.51. The van der Waals surface area contributed by atoms with Crippen LogP contribution in [0.1, 0.15) is 31.8 Å². The predicted molar refractivity (Wildman–Crippen MR) is 102 cm³/mol. The molecule has 0 spiro atoms. The molecule has 0 aliphatic carbocycles. The molecule has 0 bridgehead atoms. The van der Waals surface area contributed by atoms with E-state index in [-0.39, 0.29) is 11.6 Å². The van der Waals surface area contributed by atoms with Crippen molar-refractivity contribution in [3.05, 3.63) is 82.9 Å². The minimum Gasteiger partial charge on any atom is -0.478 e. The summed E-state index contributed by atoms with van der Waals surface area (Å²) in [6, 6.07) is 10.8. The van der Waals surface area contributed by atoms with Gasteiger partial charge >= 0.3 is 24.3 Å². The van der Waals surface area contributed by atoms with E-state index in [2.05, 4.69) is 0 Å². The second-order valence-corrected chi connectivity index (χ2v) is 6.62. The molecule has 172 valence electrons. The van der Waals surface area contributed by atoms with Gasteiger partial charge in [0.25, 0.3) is 0 Å². The number of hydrogen-bond donors (Lipinski definition) is 2. The molecule has 0 saturated carbocycles. The van der Waals surface area contributed by atoms with Gasteiger partial charge < -0.3 is 14.9 Å². The van der Waals surface area contributed by atoms with Crippen LogP contribution in [-0.2, 0) is 12.4 Å². The summed E-state index contributed by atoms with van der Waals surface area (Å²) in [6.45, 7) is 0. The molecule has 2 N–H and O–H groups in total. The third-order valence-electron chi connectivity index (χ3n) is 4.51. The van der Waals surface area contributed by atoms with Crippen molar-refractivity contribution >= 4 is 11.9 Å². The molecule has 0 atom stereocenters. The summed E-state index contributed by atoms with van der Waals surface area (Å²) in [5.41, 5.74) is -6.41. The highest BCUT2D eigenvalue weighted by Gasteiger charge is 2.47. The van der Waals surface area contributed by atoms with Gasteiger partial charge in [-0.2, -0.15) is 26.3 Å². The smallest absolute Gasteiger partial charge is 0.420 e. The first kappa shape index (κ1) is 23.6. The van der Waals surface area contributed by atoms with E-state index in [0.29, 0.717) is 0 Å². The second-order valence-electron chi connectivity index (χ2n) is 6.62. The Morgan fingerprint density at radius 1 is 0.727 bits per heavy atom. The number of carbonyl (C=O) groups is 2. The number of hydrogen-bond acceptors (Lipinski definition) is 3. The monoisotopic (exact) mass is 470 g/mol. The molecule has 0 aromatic heterocycles. The molecule has 0 unspecified atom stereocenters. The van der Waals surface area contributed by atoms with Crippen molar-refractivity contribution in [3.8, 4) is 22.6 Å². The van der Waals surface area contributed by atoms with Gasteiger partial charge in [-0.3, -0.25) is 0 Å². The number of benzene rings is 3. The van der Waals surface area contributed by atoms with Crippen LogP contribution in [0.15, 0.2) is 60.7 Å². The van der Waals surface area contributed by atoms with E-state index >= 15 is 0 Å². The molecule has 0 heterocycles. The molecule has 5 nitrogen and oxygen atoms in total. The molecule has 3 aromatic carbocycles. The number of ether oxygens (including phenoxy) is 1. The van der Waals surface area contributed by atoms with Crippen molar-refractivity contribution < 1.29 is 50.9 Å². The Kier molecular flexibility index (Phi) is 6.08. The summed E-state index contributed by atoms with van der Waals surface area (Å²) in [5, 5.41) is 18.7. The van der Waals surface area contributed by atoms with Gasteiger partial charge in [-0.25, -0.2) is 9.59 Å². The summed E-state index contributed by atoms with van der Waals surface area (Å²) in [6.07, 6.45) is -11.0. The maximum Gasteiger partial charge on any atom is 0.420 e. The fraction of sp³-hybridized carbons (Fsp3) is 0.0909. The van der Waals surface area contributed by atoms with E-state index in [9.17, 15) is 46.1 Å². The first-order valence-electron chi connectivity index (χ1n) is 8.96. The van der Waals surface area contributed by atoms with Gasteiger partial charge in [-0.15, -0.1) is 0 Å². The van der Waals surface area contributed by atoms with Crippen LogP contribution >= 0.6 is 0 Å². The highest BCUT2D eigenvalue weighted by molar-refractivity contribution is 6.03. The molecule has 3 aromatic rings. The summed E-state index contributed by atoms with van der Waals surface area (Å²) in [4.78, 5) is 23.0. The van der Waals surface area contributed by atoms with Crippen molar-refractivity contribution in [2.45, 2.75) is 12.4 Å². The minimum absolute atomic E-state index is 0.0537. The van der Waals surface area contributed by atoms with Crippen molar-refractivity contribution in [3.63, 3.8) is 0 Å². The largest absolute Gasteiger partial charge is 0.478 e. The van der Waals surface area contributed by atoms with Crippen molar-refractivity contribution in [1.29, 1.82) is 0 Å². The Labute approximate surface area is 181 Å². The molecule has 3 rings (SSSR count). The fourth-order valence-electron chi connectivity index (χ4n) is 3.18. The summed E-state index contributed by atoms with van der Waals surface area (Å²) in [7, 11) is 0. The van der Waals surface area contributed by atoms with E-state index < -0.39 is 63.6 Å². The highest BCUT2D eigenvalue weighted by atomic mass is 19.4. The van der Waals surface area contributed by atoms with Crippen LogP contribution < -0.4 is 4.74 Å². The van der Waals surface area contributed by atoms with Gasteiger partial charge in [0.15, 0.2) is 0 Å². The summed E-state index contributed by atoms with van der Waals surface area (Å²) < 4.78 is 87.4. The van der Waals surface area contributed by atoms with Gasteiger partial charge in [0.1, 0.15) is 22.6 Å². The zero-order valence-electron chi connectivity index (χ0n) is 16.2. The van der Waals surface area contributed by atoms with Gasteiger partial charge in [0.05, 0.1) is 11.1 Å². The van der Waals surface area contributed by atoms with Gasteiger partial charge in [-0.05, 0) is 29.8 Å². The van der Waals surface area contributed by atoms with Crippen LogP contribution in [0.5, 0.6) is 11.5 Å². The number of aromatic carboxylic acids is 2. The normalized spacial score (nSPS) is 11.8.